The van der Waals surface area contributed by atoms with Crippen molar-refractivity contribution < 1.29 is 14.9 Å². The lowest BCUT2D eigenvalue weighted by Crippen LogP contribution is -2.13. The van der Waals surface area contributed by atoms with E-state index in [0.717, 1.165) is 5.56 Å². The second kappa shape index (κ2) is 6.02. The molecule has 7 nitrogen and oxygen atoms in total. The van der Waals surface area contributed by atoms with E-state index >= 15 is 0 Å². The highest BCUT2D eigenvalue weighted by Gasteiger charge is 2.17. The van der Waals surface area contributed by atoms with Gasteiger partial charge < -0.3 is 15.7 Å². The third-order valence-electron chi connectivity index (χ3n) is 2.53. The Kier molecular flexibility index (Phi) is 4.16. The molecule has 0 amide bonds. The zero-order chi connectivity index (χ0) is 14.5. The summed E-state index contributed by atoms with van der Waals surface area (Å²) < 4.78 is 5.43. The van der Waals surface area contributed by atoms with Crippen LogP contribution in [-0.4, -0.2) is 16.0 Å². The Morgan fingerprint density at radius 1 is 1.50 bits per heavy atom. The number of benzene rings is 1. The fourth-order valence-electron chi connectivity index (χ4n) is 1.54. The second-order valence-electron chi connectivity index (χ2n) is 3.85. The monoisotopic (exact) mass is 293 g/mol. The lowest BCUT2D eigenvalue weighted by Gasteiger charge is -2.07. The van der Waals surface area contributed by atoms with E-state index in [-0.39, 0.29) is 29.4 Å². The van der Waals surface area contributed by atoms with Crippen molar-refractivity contribution in [2.24, 2.45) is 10.9 Å². The van der Waals surface area contributed by atoms with Crippen LogP contribution in [-0.2, 0) is 6.61 Å². The first-order valence-corrected chi connectivity index (χ1v) is 6.46. The normalized spacial score (nSPS) is 11.3. The molecule has 0 saturated heterocycles. The lowest BCUT2D eigenvalue weighted by atomic mass is 10.1. The standard InChI is InChI=1S/C12H11N3O4S/c13-12(14-16)9-1-2-11(10(5-9)15(17)18)19-6-8-3-4-20-7-8/h1-5,7,16H,6H2,(H2,13,14). The maximum atomic E-state index is 11.0. The molecule has 0 radical (unpaired) electrons. The minimum absolute atomic E-state index is 0.135. The van der Waals surface area contributed by atoms with Crippen molar-refractivity contribution in [1.82, 2.24) is 0 Å². The van der Waals surface area contributed by atoms with Gasteiger partial charge >= 0.3 is 5.69 Å². The van der Waals surface area contributed by atoms with Gasteiger partial charge in [-0.1, -0.05) is 5.16 Å². The summed E-state index contributed by atoms with van der Waals surface area (Å²) in [6, 6.07) is 6.00. The van der Waals surface area contributed by atoms with Crippen LogP contribution < -0.4 is 10.5 Å². The second-order valence-corrected chi connectivity index (χ2v) is 4.63. The number of nitrogens with two attached hydrogens (primary N) is 1. The Bertz CT molecular complexity index is 640. The molecule has 20 heavy (non-hydrogen) atoms. The Labute approximate surface area is 118 Å². The number of nitro benzene ring substituents is 1. The van der Waals surface area contributed by atoms with Gasteiger partial charge in [-0.25, -0.2) is 0 Å². The average molecular weight is 293 g/mol. The van der Waals surface area contributed by atoms with Gasteiger partial charge in [0.2, 0.25) is 0 Å². The molecule has 1 heterocycles. The van der Waals surface area contributed by atoms with Crippen LogP contribution in [0, 0.1) is 10.1 Å². The average Bonchev–Trinajstić information content (AvgIpc) is 2.97. The lowest BCUT2D eigenvalue weighted by molar-refractivity contribution is -0.386. The number of rotatable bonds is 5. The molecule has 0 aliphatic rings. The number of nitrogens with zero attached hydrogens (tertiary/aromatic N) is 2. The Morgan fingerprint density at radius 2 is 2.30 bits per heavy atom. The van der Waals surface area contributed by atoms with Gasteiger partial charge in [-0.15, -0.1) is 0 Å². The quantitative estimate of drug-likeness (QED) is 0.289. The third kappa shape index (κ3) is 3.04. The number of amidine groups is 1. The van der Waals surface area contributed by atoms with Gasteiger partial charge in [-0.2, -0.15) is 11.3 Å². The minimum Gasteiger partial charge on any atom is -0.482 e. The summed E-state index contributed by atoms with van der Waals surface area (Å²) in [5.41, 5.74) is 6.36. The van der Waals surface area contributed by atoms with E-state index in [1.165, 1.54) is 29.5 Å². The van der Waals surface area contributed by atoms with Gasteiger partial charge in [0.25, 0.3) is 0 Å². The number of hydrogen-bond donors (Lipinski definition) is 2. The van der Waals surface area contributed by atoms with Crippen LogP contribution >= 0.6 is 11.3 Å². The maximum absolute atomic E-state index is 11.0. The number of nitro groups is 1. The smallest absolute Gasteiger partial charge is 0.311 e. The molecule has 0 atom stereocenters. The van der Waals surface area contributed by atoms with Crippen LogP contribution in [0.15, 0.2) is 40.2 Å². The van der Waals surface area contributed by atoms with E-state index in [4.69, 9.17) is 15.7 Å². The minimum atomic E-state index is -0.572. The molecular formula is C12H11N3O4S. The van der Waals surface area contributed by atoms with Gasteiger partial charge in [0.05, 0.1) is 4.92 Å². The predicted octanol–water partition coefficient (Wildman–Crippen LogP) is 2.33. The summed E-state index contributed by atoms with van der Waals surface area (Å²) in [6.45, 7) is 0.243. The van der Waals surface area contributed by atoms with Gasteiger partial charge in [-0.3, -0.25) is 10.1 Å². The maximum Gasteiger partial charge on any atom is 0.311 e. The first-order valence-electron chi connectivity index (χ1n) is 5.52. The highest BCUT2D eigenvalue weighted by atomic mass is 32.1. The van der Waals surface area contributed by atoms with E-state index in [1.54, 1.807) is 0 Å². The van der Waals surface area contributed by atoms with Crippen molar-refractivity contribution >= 4 is 22.9 Å². The highest BCUT2D eigenvalue weighted by Crippen LogP contribution is 2.28. The van der Waals surface area contributed by atoms with E-state index in [2.05, 4.69) is 5.16 Å². The van der Waals surface area contributed by atoms with Crippen LogP contribution in [0.5, 0.6) is 5.75 Å². The van der Waals surface area contributed by atoms with Crippen molar-refractivity contribution in [3.8, 4) is 5.75 Å². The highest BCUT2D eigenvalue weighted by molar-refractivity contribution is 7.07. The summed E-state index contributed by atoms with van der Waals surface area (Å²) in [5.74, 6) is -0.0619. The SMILES string of the molecule is NC(=NO)c1ccc(OCc2ccsc2)c([N+](=O)[O-])c1. The number of thiophene rings is 1. The van der Waals surface area contributed by atoms with Gasteiger partial charge in [0, 0.05) is 11.6 Å². The van der Waals surface area contributed by atoms with E-state index in [0.29, 0.717) is 0 Å². The molecule has 2 aromatic rings. The van der Waals surface area contributed by atoms with Crippen molar-refractivity contribution in [2.75, 3.05) is 0 Å². The van der Waals surface area contributed by atoms with E-state index < -0.39 is 4.92 Å². The summed E-state index contributed by atoms with van der Waals surface area (Å²) in [5, 5.41) is 26.2. The molecule has 0 fully saturated rings. The van der Waals surface area contributed by atoms with Crippen molar-refractivity contribution in [2.45, 2.75) is 6.61 Å². The molecule has 0 aliphatic carbocycles. The summed E-state index contributed by atoms with van der Waals surface area (Å²) in [7, 11) is 0. The molecule has 0 aliphatic heterocycles. The molecule has 2 rings (SSSR count). The molecule has 0 saturated carbocycles. The molecule has 0 bridgehead atoms. The van der Waals surface area contributed by atoms with Gasteiger partial charge in [0.1, 0.15) is 6.61 Å². The van der Waals surface area contributed by atoms with Crippen molar-refractivity contribution in [3.05, 3.63) is 56.3 Å². The Hall–Kier alpha value is -2.61. The van der Waals surface area contributed by atoms with Crippen LogP contribution in [0.2, 0.25) is 0 Å². The molecule has 104 valence electrons. The summed E-state index contributed by atoms with van der Waals surface area (Å²) in [4.78, 5) is 10.5. The number of oxime groups is 1. The van der Waals surface area contributed by atoms with Crippen LogP contribution in [0.1, 0.15) is 11.1 Å². The summed E-state index contributed by atoms with van der Waals surface area (Å²) in [6.07, 6.45) is 0. The molecule has 0 unspecified atom stereocenters. The molecule has 8 heteroatoms. The molecule has 3 N–H and O–H groups in total. The van der Waals surface area contributed by atoms with E-state index in [9.17, 15) is 10.1 Å². The third-order valence-corrected chi connectivity index (χ3v) is 3.27. The fourth-order valence-corrected chi connectivity index (χ4v) is 2.19. The number of hydrogen-bond acceptors (Lipinski definition) is 6. The zero-order valence-corrected chi connectivity index (χ0v) is 11.0. The van der Waals surface area contributed by atoms with Crippen LogP contribution in [0.4, 0.5) is 5.69 Å². The van der Waals surface area contributed by atoms with Crippen molar-refractivity contribution in [1.29, 1.82) is 0 Å². The molecular weight excluding hydrogens is 282 g/mol. The van der Waals surface area contributed by atoms with Gasteiger partial charge in [-0.05, 0) is 34.5 Å². The molecule has 0 spiro atoms. The Balaban J connectivity index is 2.26. The molecule has 1 aromatic heterocycles. The van der Waals surface area contributed by atoms with Crippen molar-refractivity contribution in [3.63, 3.8) is 0 Å². The zero-order valence-electron chi connectivity index (χ0n) is 10.2. The largest absolute Gasteiger partial charge is 0.482 e. The molecule has 1 aromatic carbocycles. The first kappa shape index (κ1) is 13.8. The first-order chi connectivity index (χ1) is 9.61. The number of ether oxygens (including phenoxy) is 1. The Morgan fingerprint density at radius 3 is 2.90 bits per heavy atom. The summed E-state index contributed by atoms with van der Waals surface area (Å²) >= 11 is 1.52. The van der Waals surface area contributed by atoms with E-state index in [1.807, 2.05) is 16.8 Å². The predicted molar refractivity (Wildman–Crippen MR) is 74.3 cm³/mol. The van der Waals surface area contributed by atoms with Crippen LogP contribution in [0.25, 0.3) is 0 Å². The topological polar surface area (TPSA) is 111 Å². The fraction of sp³-hybridized carbons (Fsp3) is 0.0833. The van der Waals surface area contributed by atoms with Gasteiger partial charge in [0.15, 0.2) is 11.6 Å². The van der Waals surface area contributed by atoms with Crippen LogP contribution in [0.3, 0.4) is 0 Å².